The highest BCUT2D eigenvalue weighted by molar-refractivity contribution is 5.79. The van der Waals surface area contributed by atoms with Gasteiger partial charge in [0.2, 0.25) is 5.95 Å². The number of rotatable bonds is 2. The van der Waals surface area contributed by atoms with Gasteiger partial charge < -0.3 is 10.3 Å². The molecule has 1 atom stereocenters. The van der Waals surface area contributed by atoms with Crippen LogP contribution in [0.15, 0.2) is 18.5 Å². The number of halogens is 2. The molecule has 1 aromatic carbocycles. The number of anilines is 1. The van der Waals surface area contributed by atoms with E-state index in [9.17, 15) is 8.78 Å². The van der Waals surface area contributed by atoms with Crippen LogP contribution in [0.4, 0.5) is 14.7 Å². The molecule has 0 saturated heterocycles. The number of aromatic nitrogens is 5. The minimum absolute atomic E-state index is 0.0259. The van der Waals surface area contributed by atoms with Gasteiger partial charge in [0.25, 0.3) is 0 Å². The Morgan fingerprint density at radius 3 is 2.70 bits per heavy atom. The molecule has 0 bridgehead atoms. The third-order valence-electron chi connectivity index (χ3n) is 3.28. The van der Waals surface area contributed by atoms with E-state index in [-0.39, 0.29) is 11.5 Å². The standard InChI is InChI=1S/C12H12F2N6/c1-6(11-18-16-5-19(11)2)20-10-8(17-12(20)15)4-3-7(13)9(10)14/h3-6H,1-2H3,(H2,15,17). The van der Waals surface area contributed by atoms with Crippen molar-refractivity contribution in [3.05, 3.63) is 35.9 Å². The first-order chi connectivity index (χ1) is 9.50. The average Bonchev–Trinajstić information content (AvgIpc) is 2.97. The summed E-state index contributed by atoms with van der Waals surface area (Å²) in [7, 11) is 1.76. The molecular formula is C12H12F2N6. The molecule has 8 heteroatoms. The molecule has 20 heavy (non-hydrogen) atoms. The summed E-state index contributed by atoms with van der Waals surface area (Å²) in [5, 5.41) is 7.74. The number of nitrogens with zero attached hydrogens (tertiary/aromatic N) is 5. The SMILES string of the molecule is CC(c1nncn1C)n1c(N)nc2ccc(F)c(F)c21. The van der Waals surface area contributed by atoms with Crippen LogP contribution in [0.2, 0.25) is 0 Å². The molecule has 104 valence electrons. The molecule has 2 N–H and O–H groups in total. The molecule has 0 spiro atoms. The molecule has 0 saturated carbocycles. The molecule has 2 aromatic heterocycles. The Hall–Kier alpha value is -2.51. The summed E-state index contributed by atoms with van der Waals surface area (Å²) in [6.45, 7) is 1.77. The van der Waals surface area contributed by atoms with E-state index in [1.807, 2.05) is 0 Å². The highest BCUT2D eigenvalue weighted by atomic mass is 19.2. The van der Waals surface area contributed by atoms with E-state index in [1.54, 1.807) is 18.5 Å². The van der Waals surface area contributed by atoms with Crippen molar-refractivity contribution in [3.8, 4) is 0 Å². The smallest absolute Gasteiger partial charge is 0.201 e. The Morgan fingerprint density at radius 1 is 1.30 bits per heavy atom. The van der Waals surface area contributed by atoms with Gasteiger partial charge in [0.1, 0.15) is 11.8 Å². The summed E-state index contributed by atoms with van der Waals surface area (Å²) in [4.78, 5) is 4.05. The third-order valence-corrected chi connectivity index (χ3v) is 3.28. The summed E-state index contributed by atoms with van der Waals surface area (Å²) in [6.07, 6.45) is 1.53. The Bertz CT molecular complexity index is 791. The minimum atomic E-state index is -0.972. The van der Waals surface area contributed by atoms with Gasteiger partial charge in [0.05, 0.1) is 11.6 Å². The second kappa shape index (κ2) is 4.26. The normalized spacial score (nSPS) is 13.0. The number of benzene rings is 1. The predicted octanol–water partition coefficient (Wildman–Crippen LogP) is 1.63. The lowest BCUT2D eigenvalue weighted by atomic mass is 10.2. The van der Waals surface area contributed by atoms with E-state index < -0.39 is 17.7 Å². The van der Waals surface area contributed by atoms with Crippen LogP contribution in [0.3, 0.4) is 0 Å². The van der Waals surface area contributed by atoms with Gasteiger partial charge in [0, 0.05) is 7.05 Å². The number of nitrogens with two attached hydrogens (primary N) is 1. The van der Waals surface area contributed by atoms with Gasteiger partial charge in [-0.15, -0.1) is 10.2 Å². The second-order valence-electron chi connectivity index (χ2n) is 4.55. The fraction of sp³-hybridized carbons (Fsp3) is 0.250. The maximum atomic E-state index is 14.0. The molecule has 3 aromatic rings. The van der Waals surface area contributed by atoms with Gasteiger partial charge in [-0.25, -0.2) is 13.8 Å². The van der Waals surface area contributed by atoms with Gasteiger partial charge in [0.15, 0.2) is 17.5 Å². The van der Waals surface area contributed by atoms with Gasteiger partial charge in [-0.05, 0) is 19.1 Å². The maximum Gasteiger partial charge on any atom is 0.201 e. The van der Waals surface area contributed by atoms with Crippen LogP contribution >= 0.6 is 0 Å². The lowest BCUT2D eigenvalue weighted by Crippen LogP contribution is -2.15. The van der Waals surface area contributed by atoms with Crippen LogP contribution in [-0.2, 0) is 7.05 Å². The summed E-state index contributed by atoms with van der Waals surface area (Å²) in [6, 6.07) is 2.00. The van der Waals surface area contributed by atoms with Crippen LogP contribution in [0.1, 0.15) is 18.8 Å². The van der Waals surface area contributed by atoms with E-state index in [2.05, 4.69) is 15.2 Å². The number of fused-ring (bicyclic) bond motifs is 1. The zero-order valence-corrected chi connectivity index (χ0v) is 10.9. The number of nitrogen functional groups attached to an aromatic ring is 1. The third kappa shape index (κ3) is 1.64. The minimum Gasteiger partial charge on any atom is -0.369 e. The lowest BCUT2D eigenvalue weighted by Gasteiger charge is -2.15. The summed E-state index contributed by atoms with van der Waals surface area (Å²) in [5.41, 5.74) is 6.16. The zero-order valence-electron chi connectivity index (χ0n) is 10.9. The van der Waals surface area contributed by atoms with Crippen molar-refractivity contribution in [2.24, 2.45) is 7.05 Å². The number of hydrogen-bond acceptors (Lipinski definition) is 4. The van der Waals surface area contributed by atoms with Crippen molar-refractivity contribution in [1.82, 2.24) is 24.3 Å². The van der Waals surface area contributed by atoms with Gasteiger partial charge in [-0.2, -0.15) is 0 Å². The number of hydrogen-bond donors (Lipinski definition) is 1. The highest BCUT2D eigenvalue weighted by Crippen LogP contribution is 2.28. The first kappa shape index (κ1) is 12.5. The van der Waals surface area contributed by atoms with Gasteiger partial charge >= 0.3 is 0 Å². The van der Waals surface area contributed by atoms with Crippen LogP contribution in [0, 0.1) is 11.6 Å². The molecule has 0 radical (unpaired) electrons. The monoisotopic (exact) mass is 278 g/mol. The fourth-order valence-corrected chi connectivity index (χ4v) is 2.32. The molecule has 3 rings (SSSR count). The summed E-state index contributed by atoms with van der Waals surface area (Å²) < 4.78 is 30.6. The Morgan fingerprint density at radius 2 is 2.05 bits per heavy atom. The van der Waals surface area contributed by atoms with Gasteiger partial charge in [-0.1, -0.05) is 0 Å². The molecule has 1 unspecified atom stereocenters. The van der Waals surface area contributed by atoms with Crippen LogP contribution in [-0.4, -0.2) is 24.3 Å². The van der Waals surface area contributed by atoms with Crippen LogP contribution in [0.5, 0.6) is 0 Å². The van der Waals surface area contributed by atoms with Crippen LogP contribution in [0.25, 0.3) is 11.0 Å². The molecule has 2 heterocycles. The van der Waals surface area contributed by atoms with E-state index in [0.29, 0.717) is 11.3 Å². The summed E-state index contributed by atoms with van der Waals surface area (Å²) in [5.74, 6) is -1.25. The predicted molar refractivity (Wildman–Crippen MR) is 68.9 cm³/mol. The Balaban J connectivity index is 2.28. The van der Waals surface area contributed by atoms with Crippen molar-refractivity contribution >= 4 is 17.0 Å². The van der Waals surface area contributed by atoms with E-state index in [4.69, 9.17) is 5.73 Å². The molecule has 0 aliphatic rings. The first-order valence-corrected chi connectivity index (χ1v) is 5.96. The molecule has 0 aliphatic carbocycles. The molecule has 0 amide bonds. The lowest BCUT2D eigenvalue weighted by molar-refractivity contribution is 0.506. The summed E-state index contributed by atoms with van der Waals surface area (Å²) >= 11 is 0. The number of imidazole rings is 1. The molecular weight excluding hydrogens is 266 g/mol. The van der Waals surface area contributed by atoms with E-state index in [1.165, 1.54) is 17.0 Å². The molecule has 0 aliphatic heterocycles. The van der Waals surface area contributed by atoms with Crippen molar-refractivity contribution in [2.75, 3.05) is 5.73 Å². The first-order valence-electron chi connectivity index (χ1n) is 5.96. The average molecular weight is 278 g/mol. The second-order valence-corrected chi connectivity index (χ2v) is 4.55. The largest absolute Gasteiger partial charge is 0.369 e. The Labute approximate surface area is 112 Å². The fourth-order valence-electron chi connectivity index (χ4n) is 2.32. The quantitative estimate of drug-likeness (QED) is 0.773. The van der Waals surface area contributed by atoms with E-state index >= 15 is 0 Å². The number of aryl methyl sites for hydroxylation is 1. The van der Waals surface area contributed by atoms with E-state index in [0.717, 1.165) is 6.07 Å². The zero-order chi connectivity index (χ0) is 14.4. The molecule has 0 fully saturated rings. The Kier molecular flexibility index (Phi) is 2.66. The topological polar surface area (TPSA) is 74.5 Å². The molecule has 6 nitrogen and oxygen atoms in total. The van der Waals surface area contributed by atoms with Crippen molar-refractivity contribution in [3.63, 3.8) is 0 Å². The van der Waals surface area contributed by atoms with Crippen molar-refractivity contribution in [1.29, 1.82) is 0 Å². The van der Waals surface area contributed by atoms with Crippen molar-refractivity contribution < 1.29 is 8.78 Å². The maximum absolute atomic E-state index is 14.0. The van der Waals surface area contributed by atoms with Gasteiger partial charge in [-0.3, -0.25) is 4.57 Å². The van der Waals surface area contributed by atoms with Crippen LogP contribution < -0.4 is 5.73 Å². The van der Waals surface area contributed by atoms with Crippen molar-refractivity contribution in [2.45, 2.75) is 13.0 Å². The highest BCUT2D eigenvalue weighted by Gasteiger charge is 2.23.